The molecule has 3 rings (SSSR count). The first kappa shape index (κ1) is 15.2. The van der Waals surface area contributed by atoms with Crippen molar-refractivity contribution < 1.29 is 8.42 Å². The number of hydrogen-bond donors (Lipinski definition) is 0. The van der Waals surface area contributed by atoms with Crippen LogP contribution in [0.4, 0.5) is 0 Å². The summed E-state index contributed by atoms with van der Waals surface area (Å²) in [6.45, 7) is 3.91. The first-order valence-corrected chi connectivity index (χ1v) is 9.59. The lowest BCUT2D eigenvalue weighted by atomic mass is 10.2. The number of thioether (sulfide) groups is 1. The highest BCUT2D eigenvalue weighted by molar-refractivity contribution is 7.99. The van der Waals surface area contributed by atoms with Crippen LogP contribution >= 0.6 is 11.8 Å². The van der Waals surface area contributed by atoms with Crippen molar-refractivity contribution in [3.8, 4) is 0 Å². The molecule has 0 aliphatic rings. The van der Waals surface area contributed by atoms with Gasteiger partial charge in [-0.3, -0.25) is 0 Å². The maximum atomic E-state index is 13.1. The Bertz CT molecular complexity index is 939. The molecule has 2 aromatic carbocycles. The van der Waals surface area contributed by atoms with E-state index in [4.69, 9.17) is 0 Å². The van der Waals surface area contributed by atoms with Crippen LogP contribution in [0, 0.1) is 13.8 Å². The van der Waals surface area contributed by atoms with Gasteiger partial charge in [0, 0.05) is 5.39 Å². The van der Waals surface area contributed by atoms with Gasteiger partial charge in [0.05, 0.1) is 15.4 Å². The molecule has 3 aromatic rings. The lowest BCUT2D eigenvalue weighted by molar-refractivity contribution is 0.585. The SMILES string of the molecule is CSc1c(C)c2ccccc2n1S(=O)(=O)c1ccc(C)cc1. The van der Waals surface area contributed by atoms with E-state index in [2.05, 4.69) is 0 Å². The van der Waals surface area contributed by atoms with E-state index in [-0.39, 0.29) is 0 Å². The van der Waals surface area contributed by atoms with Crippen LogP contribution in [-0.2, 0) is 10.0 Å². The molecule has 22 heavy (non-hydrogen) atoms. The molecular weight excluding hydrogens is 314 g/mol. The van der Waals surface area contributed by atoms with Gasteiger partial charge < -0.3 is 0 Å². The Morgan fingerprint density at radius 2 is 1.59 bits per heavy atom. The average molecular weight is 331 g/mol. The maximum absolute atomic E-state index is 13.1. The van der Waals surface area contributed by atoms with Crippen LogP contribution in [0.5, 0.6) is 0 Å². The molecule has 0 aliphatic heterocycles. The standard InChI is InChI=1S/C17H17NO2S2/c1-12-8-10-14(11-9-12)22(19,20)18-16-7-5-4-6-15(16)13(2)17(18)21-3/h4-11H,1-3H3. The summed E-state index contributed by atoms with van der Waals surface area (Å²) in [7, 11) is -3.61. The van der Waals surface area contributed by atoms with E-state index in [1.165, 1.54) is 15.7 Å². The van der Waals surface area contributed by atoms with Gasteiger partial charge in [-0.25, -0.2) is 12.4 Å². The van der Waals surface area contributed by atoms with E-state index in [1.807, 2.05) is 56.5 Å². The predicted octanol–water partition coefficient (Wildman–Crippen LogP) is 4.22. The van der Waals surface area contributed by atoms with Crippen LogP contribution < -0.4 is 0 Å². The van der Waals surface area contributed by atoms with Crippen molar-refractivity contribution >= 4 is 32.7 Å². The molecule has 1 heterocycles. The highest BCUT2D eigenvalue weighted by atomic mass is 32.2. The zero-order chi connectivity index (χ0) is 15.9. The minimum atomic E-state index is -3.61. The van der Waals surface area contributed by atoms with Crippen LogP contribution in [0.15, 0.2) is 58.5 Å². The van der Waals surface area contributed by atoms with Gasteiger partial charge >= 0.3 is 0 Å². The third-order valence-corrected chi connectivity index (χ3v) is 6.50. The van der Waals surface area contributed by atoms with E-state index in [0.717, 1.165) is 27.1 Å². The molecule has 3 nitrogen and oxygen atoms in total. The third kappa shape index (κ3) is 2.25. The fourth-order valence-electron chi connectivity index (χ4n) is 2.64. The van der Waals surface area contributed by atoms with Crippen molar-refractivity contribution in [3.63, 3.8) is 0 Å². The number of fused-ring (bicyclic) bond motifs is 1. The van der Waals surface area contributed by atoms with Crippen molar-refractivity contribution in [2.24, 2.45) is 0 Å². The molecule has 0 N–H and O–H groups in total. The minimum absolute atomic E-state index is 0.314. The van der Waals surface area contributed by atoms with Gasteiger partial charge in [-0.1, -0.05) is 35.9 Å². The summed E-state index contributed by atoms with van der Waals surface area (Å²) in [4.78, 5) is 0.314. The topological polar surface area (TPSA) is 39.1 Å². The third-order valence-electron chi connectivity index (χ3n) is 3.78. The van der Waals surface area contributed by atoms with Gasteiger partial charge in [0.15, 0.2) is 0 Å². The zero-order valence-corrected chi connectivity index (χ0v) is 14.3. The zero-order valence-electron chi connectivity index (χ0n) is 12.7. The summed E-state index contributed by atoms with van der Waals surface area (Å²) >= 11 is 1.46. The molecule has 0 spiro atoms. The van der Waals surface area contributed by atoms with Crippen LogP contribution in [0.25, 0.3) is 10.9 Å². The Kier molecular flexibility index (Phi) is 3.78. The molecule has 0 saturated carbocycles. The number of aromatic nitrogens is 1. The van der Waals surface area contributed by atoms with Crippen LogP contribution in [0.2, 0.25) is 0 Å². The molecule has 0 bridgehead atoms. The van der Waals surface area contributed by atoms with Gasteiger partial charge in [-0.2, -0.15) is 0 Å². The molecular formula is C17H17NO2S2. The van der Waals surface area contributed by atoms with E-state index in [0.29, 0.717) is 4.90 Å². The molecule has 5 heteroatoms. The summed E-state index contributed by atoms with van der Waals surface area (Å²) in [6.07, 6.45) is 1.91. The average Bonchev–Trinajstić information content (AvgIpc) is 2.81. The summed E-state index contributed by atoms with van der Waals surface area (Å²) in [6, 6.07) is 14.6. The predicted molar refractivity (Wildman–Crippen MR) is 92.2 cm³/mol. The summed E-state index contributed by atoms with van der Waals surface area (Å²) < 4.78 is 27.7. The molecule has 1 aromatic heterocycles. The van der Waals surface area contributed by atoms with E-state index in [1.54, 1.807) is 12.1 Å². The number of benzene rings is 2. The molecule has 0 amide bonds. The minimum Gasteiger partial charge on any atom is -0.228 e. The quantitative estimate of drug-likeness (QED) is 0.675. The molecule has 0 unspecified atom stereocenters. The van der Waals surface area contributed by atoms with Gasteiger partial charge in [0.2, 0.25) is 0 Å². The second-order valence-electron chi connectivity index (χ2n) is 5.23. The van der Waals surface area contributed by atoms with Crippen LogP contribution in [0.3, 0.4) is 0 Å². The van der Waals surface area contributed by atoms with Crippen molar-refractivity contribution in [1.29, 1.82) is 0 Å². The lowest BCUT2D eigenvalue weighted by Crippen LogP contribution is -2.14. The number of hydrogen-bond acceptors (Lipinski definition) is 3. The summed E-state index contributed by atoms with van der Waals surface area (Å²) in [5.74, 6) is 0. The van der Waals surface area contributed by atoms with Gasteiger partial charge in [-0.05, 0) is 43.9 Å². The maximum Gasteiger partial charge on any atom is 0.269 e. The Labute approximate surface area is 135 Å². The van der Waals surface area contributed by atoms with Gasteiger partial charge in [-0.15, -0.1) is 11.8 Å². The molecule has 0 radical (unpaired) electrons. The molecule has 0 saturated heterocycles. The summed E-state index contributed by atoms with van der Waals surface area (Å²) in [5, 5.41) is 1.74. The molecule has 0 fully saturated rings. The smallest absolute Gasteiger partial charge is 0.228 e. The molecule has 0 aliphatic carbocycles. The van der Waals surface area contributed by atoms with Crippen molar-refractivity contribution in [1.82, 2.24) is 3.97 Å². The van der Waals surface area contributed by atoms with E-state index >= 15 is 0 Å². The number of aryl methyl sites for hydroxylation is 2. The van der Waals surface area contributed by atoms with Crippen LogP contribution in [-0.4, -0.2) is 18.6 Å². The largest absolute Gasteiger partial charge is 0.269 e. The fourth-order valence-corrected chi connectivity index (χ4v) is 5.30. The van der Waals surface area contributed by atoms with Crippen molar-refractivity contribution in [3.05, 3.63) is 59.7 Å². The first-order chi connectivity index (χ1) is 10.5. The number of para-hydroxylation sites is 1. The lowest BCUT2D eigenvalue weighted by Gasteiger charge is -2.11. The summed E-state index contributed by atoms with van der Waals surface area (Å²) in [5.41, 5.74) is 2.77. The number of rotatable bonds is 3. The Hall–Kier alpha value is -1.72. The monoisotopic (exact) mass is 331 g/mol. The highest BCUT2D eigenvalue weighted by Gasteiger charge is 2.24. The van der Waals surface area contributed by atoms with Crippen LogP contribution in [0.1, 0.15) is 11.1 Å². The second-order valence-corrected chi connectivity index (χ2v) is 7.82. The Balaban J connectivity index is 2.36. The number of nitrogens with zero attached hydrogens (tertiary/aromatic N) is 1. The Morgan fingerprint density at radius 3 is 2.23 bits per heavy atom. The first-order valence-electron chi connectivity index (χ1n) is 6.93. The fraction of sp³-hybridized carbons (Fsp3) is 0.176. The Morgan fingerprint density at radius 1 is 0.955 bits per heavy atom. The van der Waals surface area contributed by atoms with Gasteiger partial charge in [0.1, 0.15) is 0 Å². The molecule has 114 valence electrons. The van der Waals surface area contributed by atoms with Crippen molar-refractivity contribution in [2.45, 2.75) is 23.8 Å². The van der Waals surface area contributed by atoms with E-state index < -0.39 is 10.0 Å². The van der Waals surface area contributed by atoms with Crippen molar-refractivity contribution in [2.75, 3.05) is 6.26 Å². The van der Waals surface area contributed by atoms with Gasteiger partial charge in [0.25, 0.3) is 10.0 Å². The normalized spacial score (nSPS) is 12.0. The molecule has 0 atom stereocenters. The van der Waals surface area contributed by atoms with E-state index in [9.17, 15) is 8.42 Å². The second kappa shape index (κ2) is 5.48. The highest BCUT2D eigenvalue weighted by Crippen LogP contribution is 2.34.